The number of rotatable bonds is 7. The van der Waals surface area contributed by atoms with Crippen molar-refractivity contribution in [2.24, 2.45) is 0 Å². The van der Waals surface area contributed by atoms with E-state index in [1.165, 1.54) is 6.07 Å². The van der Waals surface area contributed by atoms with Gasteiger partial charge < -0.3 is 20.9 Å². The van der Waals surface area contributed by atoms with E-state index >= 15 is 0 Å². The van der Waals surface area contributed by atoms with E-state index in [1.807, 2.05) is 0 Å². The molecule has 4 N–H and O–H groups in total. The number of halogens is 3. The van der Waals surface area contributed by atoms with Crippen LogP contribution in [0.25, 0.3) is 0 Å². The normalized spacial score (nSPS) is 24.1. The molecule has 7 nitrogen and oxygen atoms in total. The third-order valence-electron chi connectivity index (χ3n) is 5.35. The minimum absolute atomic E-state index is 0.242. The predicted molar refractivity (Wildman–Crippen MR) is 104 cm³/mol. The summed E-state index contributed by atoms with van der Waals surface area (Å²) in [7, 11) is 1.67. The van der Waals surface area contributed by atoms with Crippen LogP contribution in [0.15, 0.2) is 18.2 Å². The lowest BCUT2D eigenvalue weighted by molar-refractivity contribution is -0.134. The number of piperidine rings is 2. The number of nitrogens with one attached hydrogen (secondary N) is 4. The molecule has 2 atom stereocenters. The number of anilines is 2. The Morgan fingerprint density at radius 2 is 2.03 bits per heavy atom. The molecule has 2 fully saturated rings. The van der Waals surface area contributed by atoms with Crippen molar-refractivity contribution in [1.29, 1.82) is 0 Å². The molecule has 3 rings (SSSR count). The van der Waals surface area contributed by atoms with E-state index in [1.54, 1.807) is 24.1 Å². The summed E-state index contributed by atoms with van der Waals surface area (Å²) in [5.41, 5.74) is 0.763. The zero-order valence-corrected chi connectivity index (χ0v) is 16.2. The lowest BCUT2D eigenvalue weighted by Gasteiger charge is -2.32. The van der Waals surface area contributed by atoms with Crippen LogP contribution in [0.3, 0.4) is 0 Å². The highest BCUT2D eigenvalue weighted by atomic mass is 19.3. The van der Waals surface area contributed by atoms with Gasteiger partial charge in [-0.2, -0.15) is 0 Å². The van der Waals surface area contributed by atoms with Crippen LogP contribution >= 0.6 is 0 Å². The first kappa shape index (κ1) is 21.4. The lowest BCUT2D eigenvalue weighted by Crippen LogP contribution is -2.56. The molecule has 2 heterocycles. The Bertz CT molecular complexity index is 761. The molecule has 0 aromatic heterocycles. The smallest absolute Gasteiger partial charge is 0.275 e. The molecular formula is C19H26F3N5O2. The van der Waals surface area contributed by atoms with Crippen LogP contribution < -0.4 is 26.2 Å². The van der Waals surface area contributed by atoms with Gasteiger partial charge in [0.15, 0.2) is 0 Å². The molecule has 10 heteroatoms. The largest absolute Gasteiger partial charge is 0.381 e. The molecular weight excluding hydrogens is 387 g/mol. The van der Waals surface area contributed by atoms with Crippen LogP contribution in [-0.4, -0.2) is 63.0 Å². The number of benzene rings is 1. The second-order valence-corrected chi connectivity index (χ2v) is 7.40. The Morgan fingerprint density at radius 1 is 1.24 bits per heavy atom. The van der Waals surface area contributed by atoms with E-state index in [0.29, 0.717) is 31.6 Å². The fraction of sp³-hybridized carbons (Fsp3) is 0.579. The summed E-state index contributed by atoms with van der Waals surface area (Å²) in [5.74, 6) is -4.01. The first-order valence-electron chi connectivity index (χ1n) is 9.70. The Balaban J connectivity index is 1.51. The van der Waals surface area contributed by atoms with Crippen LogP contribution in [0.2, 0.25) is 0 Å². The van der Waals surface area contributed by atoms with E-state index in [-0.39, 0.29) is 31.1 Å². The monoisotopic (exact) mass is 413 g/mol. The summed E-state index contributed by atoms with van der Waals surface area (Å²) in [6.45, 7) is 0.767. The standard InChI is InChI=1S/C19H26F3N5O2/c1-27(15-4-5-17(28)26-18(15)29)12-2-3-14(13(20)10-12)24-8-9-25-16-6-7-23-11-19(16,21)22/h2-3,10,15-16,23-25H,4-9,11H2,1H3,(H,26,28,29). The third-order valence-corrected chi connectivity index (χ3v) is 5.35. The van der Waals surface area contributed by atoms with E-state index in [0.717, 1.165) is 0 Å². The Labute approximate surface area is 167 Å². The molecule has 2 unspecified atom stereocenters. The highest BCUT2D eigenvalue weighted by Gasteiger charge is 2.40. The van der Waals surface area contributed by atoms with Gasteiger partial charge in [-0.1, -0.05) is 0 Å². The van der Waals surface area contributed by atoms with Crippen LogP contribution in [0.5, 0.6) is 0 Å². The quantitative estimate of drug-likeness (QED) is 0.395. The number of hydrogen-bond acceptors (Lipinski definition) is 6. The summed E-state index contributed by atoms with van der Waals surface area (Å²) >= 11 is 0. The van der Waals surface area contributed by atoms with Crippen molar-refractivity contribution in [3.63, 3.8) is 0 Å². The van der Waals surface area contributed by atoms with Crippen LogP contribution in [-0.2, 0) is 9.59 Å². The minimum Gasteiger partial charge on any atom is -0.381 e. The van der Waals surface area contributed by atoms with Crippen molar-refractivity contribution in [2.75, 3.05) is 43.4 Å². The number of imide groups is 1. The summed E-state index contributed by atoms with van der Waals surface area (Å²) in [6, 6.07) is 3.09. The zero-order valence-electron chi connectivity index (χ0n) is 16.2. The maximum absolute atomic E-state index is 14.4. The average molecular weight is 413 g/mol. The Hall–Kier alpha value is -2.33. The second kappa shape index (κ2) is 9.00. The minimum atomic E-state index is -2.80. The molecule has 0 aliphatic carbocycles. The van der Waals surface area contributed by atoms with E-state index in [4.69, 9.17) is 0 Å². The van der Waals surface area contributed by atoms with Crippen molar-refractivity contribution in [2.45, 2.75) is 37.3 Å². The molecule has 160 valence electrons. The van der Waals surface area contributed by atoms with E-state index in [9.17, 15) is 22.8 Å². The van der Waals surface area contributed by atoms with Gasteiger partial charge in [0, 0.05) is 32.2 Å². The first-order chi connectivity index (χ1) is 13.8. The molecule has 2 saturated heterocycles. The fourth-order valence-corrected chi connectivity index (χ4v) is 3.63. The number of carbonyl (C=O) groups excluding carboxylic acids is 2. The Kier molecular flexibility index (Phi) is 6.63. The zero-order chi connectivity index (χ0) is 21.0. The molecule has 1 aromatic carbocycles. The highest BCUT2D eigenvalue weighted by Crippen LogP contribution is 2.25. The molecule has 1 aromatic rings. The third kappa shape index (κ3) is 5.18. The van der Waals surface area contributed by atoms with Gasteiger partial charge in [0.1, 0.15) is 11.9 Å². The van der Waals surface area contributed by atoms with Gasteiger partial charge in [-0.15, -0.1) is 0 Å². The second-order valence-electron chi connectivity index (χ2n) is 7.40. The molecule has 2 aliphatic rings. The number of hydrogen-bond donors (Lipinski definition) is 4. The summed E-state index contributed by atoms with van der Waals surface area (Å²) in [4.78, 5) is 24.9. The first-order valence-corrected chi connectivity index (χ1v) is 9.70. The van der Waals surface area contributed by atoms with Crippen molar-refractivity contribution in [3.8, 4) is 0 Å². The SMILES string of the molecule is CN(c1ccc(NCCNC2CCNCC2(F)F)c(F)c1)C1CCC(=O)NC1=O. The van der Waals surface area contributed by atoms with Gasteiger partial charge in [-0.3, -0.25) is 14.9 Å². The Morgan fingerprint density at radius 3 is 2.72 bits per heavy atom. The lowest BCUT2D eigenvalue weighted by atomic mass is 10.0. The molecule has 0 radical (unpaired) electrons. The number of carbonyl (C=O) groups is 2. The predicted octanol–water partition coefficient (Wildman–Crippen LogP) is 1.07. The molecule has 2 aliphatic heterocycles. The molecule has 0 bridgehead atoms. The van der Waals surface area contributed by atoms with Crippen LogP contribution in [0.4, 0.5) is 24.5 Å². The van der Waals surface area contributed by atoms with Gasteiger partial charge in [0.2, 0.25) is 11.8 Å². The maximum atomic E-state index is 14.4. The average Bonchev–Trinajstić information content (AvgIpc) is 2.66. The number of likely N-dealkylation sites (N-methyl/N-ethyl adjacent to an activating group) is 1. The molecule has 0 spiro atoms. The van der Waals surface area contributed by atoms with Gasteiger partial charge >= 0.3 is 0 Å². The van der Waals surface area contributed by atoms with Gasteiger partial charge in [0.25, 0.3) is 5.92 Å². The number of alkyl halides is 2. The maximum Gasteiger partial charge on any atom is 0.275 e. The van der Waals surface area contributed by atoms with Crippen molar-refractivity contribution >= 4 is 23.2 Å². The van der Waals surface area contributed by atoms with Gasteiger partial charge in [0.05, 0.1) is 18.3 Å². The summed E-state index contributed by atoms with van der Waals surface area (Å²) in [5, 5.41) is 10.7. The van der Waals surface area contributed by atoms with Crippen LogP contribution in [0, 0.1) is 5.82 Å². The fourth-order valence-electron chi connectivity index (χ4n) is 3.63. The summed E-state index contributed by atoms with van der Waals surface area (Å²) in [6.07, 6.45) is 0.949. The number of nitrogens with zero attached hydrogens (tertiary/aromatic N) is 1. The van der Waals surface area contributed by atoms with Gasteiger partial charge in [-0.25, -0.2) is 13.2 Å². The molecule has 29 heavy (non-hydrogen) atoms. The topological polar surface area (TPSA) is 85.5 Å². The van der Waals surface area contributed by atoms with Gasteiger partial charge in [-0.05, 0) is 37.6 Å². The van der Waals surface area contributed by atoms with Crippen molar-refractivity contribution < 1.29 is 22.8 Å². The van der Waals surface area contributed by atoms with Crippen molar-refractivity contribution in [3.05, 3.63) is 24.0 Å². The van der Waals surface area contributed by atoms with Crippen LogP contribution in [0.1, 0.15) is 19.3 Å². The van der Waals surface area contributed by atoms with E-state index < -0.39 is 29.7 Å². The summed E-state index contributed by atoms with van der Waals surface area (Å²) < 4.78 is 41.9. The molecule has 2 amide bonds. The highest BCUT2D eigenvalue weighted by molar-refractivity contribution is 6.01. The van der Waals surface area contributed by atoms with Crippen molar-refractivity contribution in [1.82, 2.24) is 16.0 Å². The number of amides is 2. The van der Waals surface area contributed by atoms with E-state index in [2.05, 4.69) is 21.3 Å². The molecule has 0 saturated carbocycles.